The van der Waals surface area contributed by atoms with E-state index in [1.54, 1.807) is 4.90 Å². The molecule has 2 amide bonds. The van der Waals surface area contributed by atoms with Crippen molar-refractivity contribution in [1.82, 2.24) is 10.2 Å². The van der Waals surface area contributed by atoms with Gasteiger partial charge in [0, 0.05) is 31.2 Å². The van der Waals surface area contributed by atoms with E-state index in [9.17, 15) is 9.59 Å². The minimum atomic E-state index is -0.394. The molecular formula is C17H18N4O3S. The first-order valence-electron chi connectivity index (χ1n) is 8.32. The van der Waals surface area contributed by atoms with Crippen LogP contribution in [0.3, 0.4) is 0 Å². The number of anilines is 2. The van der Waals surface area contributed by atoms with Gasteiger partial charge in [0.1, 0.15) is 11.1 Å². The van der Waals surface area contributed by atoms with Crippen LogP contribution in [-0.2, 0) is 14.3 Å². The number of ether oxygens (including phenoxy) is 1. The van der Waals surface area contributed by atoms with Gasteiger partial charge in [0.2, 0.25) is 11.0 Å². The molecule has 0 aliphatic carbocycles. The third-order valence-electron chi connectivity index (χ3n) is 4.44. The highest BCUT2D eigenvalue weighted by molar-refractivity contribution is 7.15. The summed E-state index contributed by atoms with van der Waals surface area (Å²) in [6.07, 6.45) is 1.65. The molecule has 4 rings (SSSR count). The molecule has 2 saturated heterocycles. The van der Waals surface area contributed by atoms with Crippen LogP contribution in [0.15, 0.2) is 30.3 Å². The SMILES string of the molecule is O=C(Nc1nnc([C@@H]2CC(=O)N(c3ccccc3)C2)s1)[C@H]1CCCO1. The molecule has 0 spiro atoms. The van der Waals surface area contributed by atoms with Crippen LogP contribution >= 0.6 is 11.3 Å². The van der Waals surface area contributed by atoms with E-state index in [1.807, 2.05) is 30.3 Å². The molecule has 3 heterocycles. The summed E-state index contributed by atoms with van der Waals surface area (Å²) in [6, 6.07) is 9.61. The van der Waals surface area contributed by atoms with E-state index in [0.717, 1.165) is 23.5 Å². The first-order valence-corrected chi connectivity index (χ1v) is 9.13. The second-order valence-corrected chi connectivity index (χ2v) is 7.19. The van der Waals surface area contributed by atoms with E-state index in [-0.39, 0.29) is 17.7 Å². The second kappa shape index (κ2) is 6.89. The fraction of sp³-hybridized carbons (Fsp3) is 0.412. The largest absolute Gasteiger partial charge is 0.368 e. The fourth-order valence-electron chi connectivity index (χ4n) is 3.15. The third kappa shape index (κ3) is 3.40. The average molecular weight is 358 g/mol. The standard InChI is InChI=1S/C17H18N4O3S/c22-14-9-11(10-21(14)12-5-2-1-3-6-12)16-19-20-17(25-16)18-15(23)13-7-4-8-24-13/h1-3,5-6,11,13H,4,7-10H2,(H,18,20,23)/t11-,13-/m1/s1. The van der Waals surface area contributed by atoms with Gasteiger partial charge in [-0.25, -0.2) is 0 Å². The van der Waals surface area contributed by atoms with Crippen LogP contribution in [0.5, 0.6) is 0 Å². The molecule has 0 unspecified atom stereocenters. The lowest BCUT2D eigenvalue weighted by molar-refractivity contribution is -0.124. The normalized spacial score (nSPS) is 23.2. The highest BCUT2D eigenvalue weighted by Gasteiger charge is 2.34. The molecule has 1 aromatic carbocycles. The summed E-state index contributed by atoms with van der Waals surface area (Å²) >= 11 is 1.33. The second-order valence-electron chi connectivity index (χ2n) is 6.18. The monoisotopic (exact) mass is 358 g/mol. The number of hydrogen-bond donors (Lipinski definition) is 1. The molecule has 0 saturated carbocycles. The number of para-hydroxylation sites is 1. The van der Waals surface area contributed by atoms with E-state index >= 15 is 0 Å². The minimum absolute atomic E-state index is 0.00131. The van der Waals surface area contributed by atoms with Crippen LogP contribution in [0.1, 0.15) is 30.2 Å². The van der Waals surface area contributed by atoms with Crippen LogP contribution in [0.25, 0.3) is 0 Å². The van der Waals surface area contributed by atoms with Crippen molar-refractivity contribution in [3.05, 3.63) is 35.3 Å². The van der Waals surface area contributed by atoms with Gasteiger partial charge in [-0.1, -0.05) is 29.5 Å². The first-order chi connectivity index (χ1) is 12.2. The Morgan fingerprint density at radius 1 is 1.28 bits per heavy atom. The topological polar surface area (TPSA) is 84.4 Å². The summed E-state index contributed by atoms with van der Waals surface area (Å²) in [5.41, 5.74) is 0.895. The Balaban J connectivity index is 1.42. The number of hydrogen-bond acceptors (Lipinski definition) is 6. The highest BCUT2D eigenvalue weighted by Crippen LogP contribution is 2.34. The van der Waals surface area contributed by atoms with Crippen molar-refractivity contribution >= 4 is 34.0 Å². The lowest BCUT2D eigenvalue weighted by Crippen LogP contribution is -2.26. The van der Waals surface area contributed by atoms with Crippen LogP contribution in [0.2, 0.25) is 0 Å². The molecule has 2 fully saturated rings. The molecule has 2 aromatic rings. The Bertz CT molecular complexity index is 773. The number of aromatic nitrogens is 2. The molecule has 8 heteroatoms. The number of carbonyl (C=O) groups is 2. The average Bonchev–Trinajstić information content (AvgIpc) is 3.36. The smallest absolute Gasteiger partial charge is 0.255 e. The molecule has 2 aliphatic heterocycles. The van der Waals surface area contributed by atoms with Crippen molar-refractivity contribution in [2.75, 3.05) is 23.4 Å². The summed E-state index contributed by atoms with van der Waals surface area (Å²) in [5.74, 6) is -0.0939. The van der Waals surface area contributed by atoms with Crippen molar-refractivity contribution in [3.8, 4) is 0 Å². The summed E-state index contributed by atoms with van der Waals surface area (Å²) in [7, 11) is 0. The molecule has 0 radical (unpaired) electrons. The highest BCUT2D eigenvalue weighted by atomic mass is 32.1. The van der Waals surface area contributed by atoms with Crippen molar-refractivity contribution in [2.24, 2.45) is 0 Å². The minimum Gasteiger partial charge on any atom is -0.368 e. The van der Waals surface area contributed by atoms with Gasteiger partial charge in [0.25, 0.3) is 5.91 Å². The Morgan fingerprint density at radius 2 is 2.12 bits per heavy atom. The molecule has 2 atom stereocenters. The Kier molecular flexibility index (Phi) is 4.46. The molecule has 0 bridgehead atoms. The molecule has 25 heavy (non-hydrogen) atoms. The van der Waals surface area contributed by atoms with Crippen LogP contribution in [-0.4, -0.2) is 41.3 Å². The van der Waals surface area contributed by atoms with Crippen LogP contribution in [0.4, 0.5) is 10.8 Å². The van der Waals surface area contributed by atoms with Crippen LogP contribution < -0.4 is 10.2 Å². The summed E-state index contributed by atoms with van der Waals surface area (Å²) in [6.45, 7) is 1.20. The van der Waals surface area contributed by atoms with Gasteiger partial charge >= 0.3 is 0 Å². The number of nitrogens with zero attached hydrogens (tertiary/aromatic N) is 3. The molecular weight excluding hydrogens is 340 g/mol. The maximum atomic E-state index is 12.3. The number of benzene rings is 1. The van der Waals surface area contributed by atoms with Gasteiger partial charge < -0.3 is 9.64 Å². The molecule has 1 N–H and O–H groups in total. The summed E-state index contributed by atoms with van der Waals surface area (Å²) in [5, 5.41) is 12.2. The van der Waals surface area contributed by atoms with Gasteiger partial charge in [0.05, 0.1) is 0 Å². The molecule has 130 valence electrons. The van der Waals surface area contributed by atoms with Gasteiger partial charge in [-0.05, 0) is 25.0 Å². The van der Waals surface area contributed by atoms with Gasteiger partial charge in [-0.2, -0.15) is 0 Å². The molecule has 7 nitrogen and oxygen atoms in total. The van der Waals surface area contributed by atoms with Crippen LogP contribution in [0, 0.1) is 0 Å². The van der Waals surface area contributed by atoms with Gasteiger partial charge in [-0.15, -0.1) is 10.2 Å². The Morgan fingerprint density at radius 3 is 2.88 bits per heavy atom. The zero-order chi connectivity index (χ0) is 17.2. The number of carbonyl (C=O) groups excluding carboxylic acids is 2. The molecule has 1 aromatic heterocycles. The van der Waals surface area contributed by atoms with E-state index in [4.69, 9.17) is 4.74 Å². The van der Waals surface area contributed by atoms with Crippen molar-refractivity contribution in [2.45, 2.75) is 31.3 Å². The lowest BCUT2D eigenvalue weighted by atomic mass is 10.1. The Hall–Kier alpha value is -2.32. The molecule has 2 aliphatic rings. The predicted octanol–water partition coefficient (Wildman–Crippen LogP) is 2.18. The number of rotatable bonds is 4. The van der Waals surface area contributed by atoms with E-state index in [1.165, 1.54) is 11.3 Å². The Labute approximate surface area is 149 Å². The fourth-order valence-corrected chi connectivity index (χ4v) is 3.99. The predicted molar refractivity (Wildman–Crippen MR) is 93.7 cm³/mol. The van der Waals surface area contributed by atoms with Gasteiger partial charge in [-0.3, -0.25) is 14.9 Å². The quantitative estimate of drug-likeness (QED) is 0.905. The van der Waals surface area contributed by atoms with Crippen molar-refractivity contribution in [3.63, 3.8) is 0 Å². The van der Waals surface area contributed by atoms with E-state index in [2.05, 4.69) is 15.5 Å². The van der Waals surface area contributed by atoms with E-state index in [0.29, 0.717) is 24.7 Å². The summed E-state index contributed by atoms with van der Waals surface area (Å²) < 4.78 is 5.36. The zero-order valence-electron chi connectivity index (χ0n) is 13.6. The maximum absolute atomic E-state index is 12.3. The third-order valence-corrected chi connectivity index (χ3v) is 5.44. The first kappa shape index (κ1) is 16.2. The number of nitrogens with one attached hydrogen (secondary N) is 1. The lowest BCUT2D eigenvalue weighted by Gasteiger charge is -2.15. The number of amides is 2. The van der Waals surface area contributed by atoms with Crippen molar-refractivity contribution in [1.29, 1.82) is 0 Å². The maximum Gasteiger partial charge on any atom is 0.255 e. The zero-order valence-corrected chi connectivity index (χ0v) is 14.4. The van der Waals surface area contributed by atoms with E-state index < -0.39 is 6.10 Å². The summed E-state index contributed by atoms with van der Waals surface area (Å²) in [4.78, 5) is 26.2. The van der Waals surface area contributed by atoms with Gasteiger partial charge in [0.15, 0.2) is 0 Å². The van der Waals surface area contributed by atoms with Crippen molar-refractivity contribution < 1.29 is 14.3 Å².